The molecule has 0 aliphatic heterocycles. The number of nitrogens with one attached hydrogen (secondary N) is 1. The van der Waals surface area contributed by atoms with E-state index in [0.29, 0.717) is 0 Å². The number of nitrogens with zero attached hydrogens (tertiary/aromatic N) is 2. The number of aromatic nitrogens is 2. The molecule has 3 heteroatoms. The highest BCUT2D eigenvalue weighted by molar-refractivity contribution is 5.09. The van der Waals surface area contributed by atoms with Gasteiger partial charge in [-0.2, -0.15) is 5.10 Å². The molecule has 3 nitrogen and oxygen atoms in total. The molecule has 1 N–H and O–H groups in total. The number of rotatable bonds is 6. The maximum atomic E-state index is 4.25. The number of aryl methyl sites for hydroxylation is 1. The maximum absolute atomic E-state index is 4.25. The molecular formula is C14H25N3. The highest BCUT2D eigenvalue weighted by Crippen LogP contribution is 2.01. The van der Waals surface area contributed by atoms with Crippen molar-refractivity contribution in [2.75, 3.05) is 6.54 Å². The van der Waals surface area contributed by atoms with Crippen molar-refractivity contribution < 1.29 is 0 Å². The Kier molecular flexibility index (Phi) is 5.42. The molecule has 1 aromatic heterocycles. The minimum atomic E-state index is 0.218. The van der Waals surface area contributed by atoms with E-state index in [1.165, 1.54) is 5.56 Å². The van der Waals surface area contributed by atoms with Gasteiger partial charge in [-0.3, -0.25) is 4.68 Å². The molecule has 0 aliphatic carbocycles. The topological polar surface area (TPSA) is 29.9 Å². The SMILES string of the molecule is CCn1cc(CC=CCCNC(C)(C)C)cn1. The third-order valence-electron chi connectivity index (χ3n) is 2.50. The van der Waals surface area contributed by atoms with Gasteiger partial charge in [-0.25, -0.2) is 0 Å². The van der Waals surface area contributed by atoms with Crippen LogP contribution in [0, 0.1) is 0 Å². The lowest BCUT2D eigenvalue weighted by Crippen LogP contribution is -2.36. The van der Waals surface area contributed by atoms with Crippen LogP contribution in [0.4, 0.5) is 0 Å². The van der Waals surface area contributed by atoms with Gasteiger partial charge in [-0.05, 0) is 52.6 Å². The van der Waals surface area contributed by atoms with E-state index in [2.05, 4.69) is 56.5 Å². The Hall–Kier alpha value is -1.09. The monoisotopic (exact) mass is 235 g/mol. The van der Waals surface area contributed by atoms with Crippen LogP contribution in [0.5, 0.6) is 0 Å². The summed E-state index contributed by atoms with van der Waals surface area (Å²) in [6.07, 6.45) is 10.6. The molecule has 0 aliphatic rings. The summed E-state index contributed by atoms with van der Waals surface area (Å²) in [7, 11) is 0. The van der Waals surface area contributed by atoms with Crippen LogP contribution in [0.1, 0.15) is 39.7 Å². The van der Waals surface area contributed by atoms with Crippen molar-refractivity contribution in [3.05, 3.63) is 30.1 Å². The molecule has 0 atom stereocenters. The van der Waals surface area contributed by atoms with E-state index in [0.717, 1.165) is 25.9 Å². The second-order valence-corrected chi connectivity index (χ2v) is 5.35. The van der Waals surface area contributed by atoms with Crippen LogP contribution in [0.2, 0.25) is 0 Å². The van der Waals surface area contributed by atoms with Gasteiger partial charge in [0.2, 0.25) is 0 Å². The first-order chi connectivity index (χ1) is 8.01. The van der Waals surface area contributed by atoms with Gasteiger partial charge in [0.15, 0.2) is 0 Å². The average molecular weight is 235 g/mol. The Morgan fingerprint density at radius 1 is 1.35 bits per heavy atom. The Bertz CT molecular complexity index is 345. The van der Waals surface area contributed by atoms with Gasteiger partial charge < -0.3 is 5.32 Å². The first-order valence-corrected chi connectivity index (χ1v) is 6.42. The summed E-state index contributed by atoms with van der Waals surface area (Å²) in [5, 5.41) is 7.72. The third-order valence-corrected chi connectivity index (χ3v) is 2.50. The number of hydrogen-bond donors (Lipinski definition) is 1. The van der Waals surface area contributed by atoms with Gasteiger partial charge in [0.1, 0.15) is 0 Å². The molecular weight excluding hydrogens is 210 g/mol. The fourth-order valence-electron chi connectivity index (χ4n) is 1.55. The zero-order valence-electron chi connectivity index (χ0n) is 11.5. The van der Waals surface area contributed by atoms with Crippen molar-refractivity contribution in [2.45, 2.75) is 52.6 Å². The van der Waals surface area contributed by atoms with Crippen LogP contribution in [0.25, 0.3) is 0 Å². The highest BCUT2D eigenvalue weighted by atomic mass is 15.3. The van der Waals surface area contributed by atoms with Crippen LogP contribution >= 0.6 is 0 Å². The molecule has 0 unspecified atom stereocenters. The van der Waals surface area contributed by atoms with Gasteiger partial charge in [0.05, 0.1) is 6.20 Å². The highest BCUT2D eigenvalue weighted by Gasteiger charge is 2.06. The molecule has 0 saturated carbocycles. The lowest BCUT2D eigenvalue weighted by molar-refractivity contribution is 0.431. The predicted molar refractivity (Wildman–Crippen MR) is 73.1 cm³/mol. The smallest absolute Gasteiger partial charge is 0.0524 e. The fourth-order valence-corrected chi connectivity index (χ4v) is 1.55. The largest absolute Gasteiger partial charge is 0.312 e. The van der Waals surface area contributed by atoms with Crippen LogP contribution in [0.15, 0.2) is 24.5 Å². The van der Waals surface area contributed by atoms with E-state index in [1.54, 1.807) is 0 Å². The molecule has 0 amide bonds. The Balaban J connectivity index is 2.18. The van der Waals surface area contributed by atoms with E-state index < -0.39 is 0 Å². The van der Waals surface area contributed by atoms with Crippen LogP contribution in [-0.4, -0.2) is 21.9 Å². The second kappa shape index (κ2) is 6.60. The van der Waals surface area contributed by atoms with Gasteiger partial charge in [-0.1, -0.05) is 12.2 Å². The van der Waals surface area contributed by atoms with E-state index in [-0.39, 0.29) is 5.54 Å². The molecule has 1 rings (SSSR count). The lowest BCUT2D eigenvalue weighted by Gasteiger charge is -2.19. The number of allylic oxidation sites excluding steroid dienone is 1. The molecule has 0 bridgehead atoms. The molecule has 0 aromatic carbocycles. The average Bonchev–Trinajstić information content (AvgIpc) is 2.69. The van der Waals surface area contributed by atoms with Crippen molar-refractivity contribution in [2.24, 2.45) is 0 Å². The van der Waals surface area contributed by atoms with Gasteiger partial charge in [-0.15, -0.1) is 0 Å². The van der Waals surface area contributed by atoms with E-state index in [9.17, 15) is 0 Å². The first kappa shape index (κ1) is 14.0. The molecule has 0 spiro atoms. The Morgan fingerprint density at radius 2 is 2.12 bits per heavy atom. The van der Waals surface area contributed by atoms with Crippen molar-refractivity contribution in [3.8, 4) is 0 Å². The third kappa shape index (κ3) is 6.27. The Labute approximate surface area is 105 Å². The van der Waals surface area contributed by atoms with E-state index >= 15 is 0 Å². The summed E-state index contributed by atoms with van der Waals surface area (Å²) >= 11 is 0. The zero-order valence-corrected chi connectivity index (χ0v) is 11.5. The van der Waals surface area contributed by atoms with Crippen molar-refractivity contribution >= 4 is 0 Å². The molecule has 0 radical (unpaired) electrons. The standard InChI is InChI=1S/C14H25N3/c1-5-17-12-13(11-16-17)9-7-6-8-10-15-14(2,3)4/h6-7,11-12,15H,5,8-10H2,1-4H3. The first-order valence-electron chi connectivity index (χ1n) is 6.42. The summed E-state index contributed by atoms with van der Waals surface area (Å²) in [4.78, 5) is 0. The molecule has 1 aromatic rings. The predicted octanol–water partition coefficient (Wildman–Crippen LogP) is 2.78. The van der Waals surface area contributed by atoms with E-state index in [1.807, 2.05) is 10.9 Å². The van der Waals surface area contributed by atoms with Crippen LogP contribution in [-0.2, 0) is 13.0 Å². The van der Waals surface area contributed by atoms with Gasteiger partial charge >= 0.3 is 0 Å². The van der Waals surface area contributed by atoms with E-state index in [4.69, 9.17) is 0 Å². The summed E-state index contributed by atoms with van der Waals surface area (Å²) in [5.74, 6) is 0. The van der Waals surface area contributed by atoms with Crippen molar-refractivity contribution in [1.29, 1.82) is 0 Å². The normalized spacial score (nSPS) is 12.5. The lowest BCUT2D eigenvalue weighted by atomic mass is 10.1. The maximum Gasteiger partial charge on any atom is 0.0524 e. The number of hydrogen-bond acceptors (Lipinski definition) is 2. The molecule has 1 heterocycles. The van der Waals surface area contributed by atoms with Crippen molar-refractivity contribution in [1.82, 2.24) is 15.1 Å². The van der Waals surface area contributed by atoms with Crippen LogP contribution < -0.4 is 5.32 Å². The van der Waals surface area contributed by atoms with Gasteiger partial charge in [0.25, 0.3) is 0 Å². The van der Waals surface area contributed by atoms with Gasteiger partial charge in [0, 0.05) is 18.3 Å². The molecule has 17 heavy (non-hydrogen) atoms. The summed E-state index contributed by atoms with van der Waals surface area (Å²) < 4.78 is 1.96. The van der Waals surface area contributed by atoms with Crippen LogP contribution in [0.3, 0.4) is 0 Å². The molecule has 0 fully saturated rings. The quantitative estimate of drug-likeness (QED) is 0.607. The second-order valence-electron chi connectivity index (χ2n) is 5.35. The summed E-state index contributed by atoms with van der Waals surface area (Å²) in [6.45, 7) is 10.7. The fraction of sp³-hybridized carbons (Fsp3) is 0.643. The summed E-state index contributed by atoms with van der Waals surface area (Å²) in [5.41, 5.74) is 1.50. The minimum absolute atomic E-state index is 0.218. The minimum Gasteiger partial charge on any atom is -0.312 e. The Morgan fingerprint density at radius 3 is 2.71 bits per heavy atom. The molecule has 96 valence electrons. The summed E-state index contributed by atoms with van der Waals surface area (Å²) in [6, 6.07) is 0. The van der Waals surface area contributed by atoms with Crippen molar-refractivity contribution in [3.63, 3.8) is 0 Å². The zero-order chi connectivity index (χ0) is 12.7. The molecule has 0 saturated heterocycles.